The zero-order chi connectivity index (χ0) is 57.6. The molecule has 0 aromatic heterocycles. The van der Waals surface area contributed by atoms with Gasteiger partial charge in [0, 0.05) is 20.0 Å². The van der Waals surface area contributed by atoms with Gasteiger partial charge in [0.15, 0.2) is 0 Å². The molecule has 2 aliphatic heterocycles. The molecule has 0 bridgehead atoms. The van der Waals surface area contributed by atoms with Gasteiger partial charge < -0.3 is 102 Å². The number of benzene rings is 2. The van der Waals surface area contributed by atoms with E-state index >= 15 is 0 Å². The van der Waals surface area contributed by atoms with Crippen molar-refractivity contribution in [3.8, 4) is 11.5 Å². The molecule has 16 N–H and O–H groups in total. The van der Waals surface area contributed by atoms with Gasteiger partial charge in [-0.15, -0.1) is 0 Å². The molecule has 0 saturated carbocycles. The van der Waals surface area contributed by atoms with Crippen LogP contribution in [0.3, 0.4) is 0 Å². The maximum atomic E-state index is 13.7. The summed E-state index contributed by atoms with van der Waals surface area (Å²) in [5.41, 5.74) is 1.17. The van der Waals surface area contributed by atoms with E-state index in [0.717, 1.165) is 0 Å². The third-order valence-electron chi connectivity index (χ3n) is 12.5. The van der Waals surface area contributed by atoms with Crippen molar-refractivity contribution in [1.29, 1.82) is 0 Å². The number of carboxylic acids is 1. The van der Waals surface area contributed by atoms with Gasteiger partial charge >= 0.3 is 5.97 Å². The fraction of sp³-hybridized carbons (Fsp3) is 0.600. The van der Waals surface area contributed by atoms with Gasteiger partial charge in [-0.1, -0.05) is 24.3 Å². The number of aliphatic hydroxyl groups excluding tert-OH is 8. The van der Waals surface area contributed by atoms with Gasteiger partial charge in [0.1, 0.15) is 84.5 Å². The van der Waals surface area contributed by atoms with E-state index in [4.69, 9.17) is 24.1 Å². The lowest BCUT2D eigenvalue weighted by Gasteiger charge is -2.39. The highest BCUT2D eigenvalue weighted by molar-refractivity contribution is 5.94. The second kappa shape index (κ2) is 31.7. The predicted molar refractivity (Wildman–Crippen MR) is 268 cm³/mol. The quantitative estimate of drug-likeness (QED) is 0.0325. The highest BCUT2D eigenvalue weighted by Gasteiger charge is 2.46. The van der Waals surface area contributed by atoms with Crippen LogP contribution < -0.4 is 46.7 Å². The Morgan fingerprint density at radius 1 is 0.513 bits per heavy atom. The summed E-state index contributed by atoms with van der Waals surface area (Å²) in [5, 5.41) is 106. The van der Waals surface area contributed by atoms with Crippen LogP contribution >= 0.6 is 0 Å². The van der Waals surface area contributed by atoms with Gasteiger partial charge in [-0.25, -0.2) is 0 Å². The van der Waals surface area contributed by atoms with Gasteiger partial charge in [-0.2, -0.15) is 0 Å². The Morgan fingerprint density at radius 3 is 1.36 bits per heavy atom. The molecule has 434 valence electrons. The molecule has 4 rings (SSSR count). The van der Waals surface area contributed by atoms with E-state index in [9.17, 15) is 79.2 Å². The molecule has 7 amide bonds. The highest BCUT2D eigenvalue weighted by atomic mass is 16.7. The molecule has 0 spiro atoms. The summed E-state index contributed by atoms with van der Waals surface area (Å²) in [6.45, 7) is 2.20. The van der Waals surface area contributed by atoms with Crippen LogP contribution in [0.5, 0.6) is 11.5 Å². The second-order valence-electron chi connectivity index (χ2n) is 18.9. The van der Waals surface area contributed by atoms with E-state index in [0.29, 0.717) is 30.4 Å². The number of carboxylic acid groups (broad SMARTS) is 1. The van der Waals surface area contributed by atoms with Gasteiger partial charge in [-0.3, -0.25) is 38.4 Å². The Kier molecular flexibility index (Phi) is 26.0. The Hall–Kier alpha value is -6.60. The minimum Gasteiger partial charge on any atom is -0.480 e. The number of aliphatic carboxylic acids is 1. The first-order chi connectivity index (χ1) is 37.0. The monoisotopic (exact) mass is 1110 g/mol. The first kappa shape index (κ1) is 63.9. The smallest absolute Gasteiger partial charge is 0.325 e. The highest BCUT2D eigenvalue weighted by Crippen LogP contribution is 2.26. The molecule has 2 saturated heterocycles. The Morgan fingerprint density at radius 2 is 0.949 bits per heavy atom. The molecule has 2 aliphatic rings. The number of carbonyl (C=O) groups is 8. The Bertz CT molecular complexity index is 2290. The van der Waals surface area contributed by atoms with Crippen LogP contribution in [0.2, 0.25) is 0 Å². The Balaban J connectivity index is 1.27. The third-order valence-corrected chi connectivity index (χ3v) is 12.5. The van der Waals surface area contributed by atoms with E-state index in [1.807, 2.05) is 0 Å². The number of aliphatic hydroxyl groups is 8. The molecule has 0 aliphatic carbocycles. The molecule has 0 unspecified atom stereocenters. The number of hydrogen-bond donors (Lipinski definition) is 16. The van der Waals surface area contributed by atoms with Crippen molar-refractivity contribution in [2.24, 2.45) is 0 Å². The summed E-state index contributed by atoms with van der Waals surface area (Å²) in [6.07, 6.45) is -13.4. The van der Waals surface area contributed by atoms with Gasteiger partial charge in [0.2, 0.25) is 53.9 Å². The summed E-state index contributed by atoms with van der Waals surface area (Å²) in [7, 11) is 0. The van der Waals surface area contributed by atoms with Crippen LogP contribution in [0.25, 0.3) is 0 Å². The first-order valence-corrected chi connectivity index (χ1v) is 25.3. The number of hydrogen-bond acceptors (Lipinski definition) is 20. The zero-order valence-electron chi connectivity index (χ0n) is 43.3. The van der Waals surface area contributed by atoms with E-state index in [1.54, 1.807) is 24.3 Å². The molecule has 0 radical (unpaired) electrons. The van der Waals surface area contributed by atoms with Crippen molar-refractivity contribution >= 4 is 47.3 Å². The first-order valence-electron chi connectivity index (χ1n) is 25.3. The number of unbranched alkanes of at least 4 members (excludes halogenated alkanes) is 2. The molecule has 28 nitrogen and oxygen atoms in total. The van der Waals surface area contributed by atoms with Crippen LogP contribution in [0.1, 0.15) is 70.4 Å². The molecule has 14 atom stereocenters. The van der Waals surface area contributed by atoms with E-state index < -0.39 is 141 Å². The average Bonchev–Trinajstić information content (AvgIpc) is 3.42. The number of carbonyl (C=O) groups excluding carboxylic acids is 7. The summed E-state index contributed by atoms with van der Waals surface area (Å²) in [4.78, 5) is 101. The molecule has 2 aromatic carbocycles. The molecular weight excluding hydrogens is 1030 g/mol. The second-order valence-corrected chi connectivity index (χ2v) is 18.9. The molecule has 2 aromatic rings. The zero-order valence-corrected chi connectivity index (χ0v) is 43.3. The van der Waals surface area contributed by atoms with Crippen molar-refractivity contribution in [3.63, 3.8) is 0 Å². The summed E-state index contributed by atoms with van der Waals surface area (Å²) in [6, 6.07) is 7.54. The van der Waals surface area contributed by atoms with Gasteiger partial charge in [0.25, 0.3) is 0 Å². The van der Waals surface area contributed by atoms with Crippen molar-refractivity contribution in [2.75, 3.05) is 32.8 Å². The summed E-state index contributed by atoms with van der Waals surface area (Å²) < 4.78 is 21.9. The standard InChI is InChI=1S/C50H73N7O21/c1-25(45(70)55-26(2)48(73)74)54-38(63)22-53-46(71)32(8-4-6-18-51-36(61)20-28-10-14-30(15-11-28)75-49-43(68)41(66)39(64)34(23-58)77-49)57-47(72)33(56-27(3)60)9-5-7-19-52-37(62)21-29-12-16-31(17-13-29)76-50-44(69)42(67)40(65)35(24-59)78-50/h10-17,25-26,32-35,39-44,49-50,58-59,64-69H,4-9,18-24H2,1-3H3,(H,51,61)(H,52,62)(H,53,71)(H,54,63)(H,55,70)(H,56,60)(H,57,72)(H,73,74)/t25-,26-,32-,33-,34+,35+,39+,40+,41-,42-,43-,44-,49-,50-/m0/s1. The molecule has 2 heterocycles. The summed E-state index contributed by atoms with van der Waals surface area (Å²) in [5.74, 6) is -5.24. The number of ether oxygens (including phenoxy) is 4. The normalized spacial score (nSPS) is 24.4. The molecule has 78 heavy (non-hydrogen) atoms. The van der Waals surface area contributed by atoms with E-state index in [1.165, 1.54) is 45.0 Å². The molecule has 2 fully saturated rings. The van der Waals surface area contributed by atoms with E-state index in [2.05, 4.69) is 37.2 Å². The molecule has 28 heteroatoms. The number of rotatable bonds is 30. The van der Waals surface area contributed by atoms with Crippen LogP contribution in [0.4, 0.5) is 0 Å². The topological polar surface area (TPSA) is 440 Å². The lowest BCUT2D eigenvalue weighted by molar-refractivity contribution is -0.277. The van der Waals surface area contributed by atoms with Gasteiger partial charge in [0.05, 0.1) is 32.6 Å². The third kappa shape index (κ3) is 20.3. The van der Waals surface area contributed by atoms with E-state index in [-0.39, 0.29) is 68.5 Å². The van der Waals surface area contributed by atoms with Gasteiger partial charge in [-0.05, 0) is 87.8 Å². The van der Waals surface area contributed by atoms with Crippen LogP contribution in [-0.4, -0.2) is 212 Å². The van der Waals surface area contributed by atoms with Crippen LogP contribution in [0.15, 0.2) is 48.5 Å². The Labute approximate surface area is 448 Å². The van der Waals surface area contributed by atoms with Crippen molar-refractivity contribution in [2.45, 2.75) is 158 Å². The summed E-state index contributed by atoms with van der Waals surface area (Å²) >= 11 is 0. The predicted octanol–water partition coefficient (Wildman–Crippen LogP) is -5.40. The maximum absolute atomic E-state index is 13.7. The maximum Gasteiger partial charge on any atom is 0.325 e. The fourth-order valence-electron chi connectivity index (χ4n) is 7.97. The minimum atomic E-state index is -1.63. The van der Waals surface area contributed by atoms with Crippen molar-refractivity contribution in [3.05, 3.63) is 59.7 Å². The largest absolute Gasteiger partial charge is 0.480 e. The number of amides is 7. The van der Waals surface area contributed by atoms with Crippen molar-refractivity contribution < 1.29 is 103 Å². The van der Waals surface area contributed by atoms with Crippen LogP contribution in [-0.2, 0) is 60.7 Å². The lowest BCUT2D eigenvalue weighted by atomic mass is 9.99. The number of nitrogens with one attached hydrogen (secondary N) is 7. The van der Waals surface area contributed by atoms with Crippen molar-refractivity contribution in [1.82, 2.24) is 37.2 Å². The molecular formula is C50H73N7O21. The fourth-order valence-corrected chi connectivity index (χ4v) is 7.97. The SMILES string of the molecule is CC(=O)N[C@@H](CCCCNC(=O)Cc1ccc(O[C@H]2O[C@H](CO)[C@@H](O)[C@H](O)[C@@H]2O)cc1)C(=O)N[C@@H](CCCCNC(=O)Cc1ccc(O[C@H]2O[C@H](CO)[C@@H](O)[C@H](O)[C@@H]2O)cc1)C(=O)NCC(=O)N[C@@H](C)C(=O)N[C@@H](C)C(=O)O. The lowest BCUT2D eigenvalue weighted by Crippen LogP contribution is -2.60. The van der Waals surface area contributed by atoms with Crippen LogP contribution in [0, 0.1) is 0 Å². The average molecular weight is 1110 g/mol. The minimum absolute atomic E-state index is 0.00365.